The van der Waals surface area contributed by atoms with E-state index in [0.29, 0.717) is 17.7 Å². The molecule has 2 nitrogen and oxygen atoms in total. The van der Waals surface area contributed by atoms with Crippen LogP contribution < -0.4 is 5.32 Å². The van der Waals surface area contributed by atoms with Crippen LogP contribution in [0.2, 0.25) is 0 Å². The molecular weight excluding hydrogens is 227 g/mol. The van der Waals surface area contributed by atoms with E-state index in [-0.39, 0.29) is 5.82 Å². The van der Waals surface area contributed by atoms with Gasteiger partial charge in [-0.1, -0.05) is 12.1 Å². The minimum atomic E-state index is -0.324. The van der Waals surface area contributed by atoms with E-state index in [2.05, 4.69) is 11.4 Å². The average molecular weight is 240 g/mol. The zero-order valence-electron chi connectivity index (χ0n) is 10.1. The molecule has 0 saturated carbocycles. The normalized spacial score (nSPS) is 9.83. The molecule has 0 bridgehead atoms. The number of anilines is 1. The molecule has 0 fully saturated rings. The Kier molecular flexibility index (Phi) is 3.59. The summed E-state index contributed by atoms with van der Waals surface area (Å²) in [5.41, 5.74) is 3.28. The summed E-state index contributed by atoms with van der Waals surface area (Å²) in [7, 11) is 0. The van der Waals surface area contributed by atoms with Gasteiger partial charge >= 0.3 is 0 Å². The lowest BCUT2D eigenvalue weighted by molar-refractivity contribution is 0.625. The molecule has 3 heteroatoms. The number of nitriles is 1. The van der Waals surface area contributed by atoms with Crippen LogP contribution in [0.25, 0.3) is 0 Å². The SMILES string of the molecule is Cc1cccc(NCc2cc(F)ccc2C#N)c1. The van der Waals surface area contributed by atoms with Gasteiger partial charge in [-0.3, -0.25) is 0 Å². The Bertz CT molecular complexity index is 600. The molecule has 0 saturated heterocycles. The third kappa shape index (κ3) is 2.86. The maximum absolute atomic E-state index is 13.1. The Morgan fingerprint density at radius 1 is 1.22 bits per heavy atom. The number of nitrogens with zero attached hydrogens (tertiary/aromatic N) is 1. The van der Waals surface area contributed by atoms with Crippen LogP contribution in [0.4, 0.5) is 10.1 Å². The van der Waals surface area contributed by atoms with E-state index in [9.17, 15) is 4.39 Å². The zero-order chi connectivity index (χ0) is 13.0. The van der Waals surface area contributed by atoms with Crippen molar-refractivity contribution in [2.24, 2.45) is 0 Å². The number of benzene rings is 2. The molecule has 2 aromatic carbocycles. The predicted octanol–water partition coefficient (Wildman–Crippen LogP) is 3.62. The largest absolute Gasteiger partial charge is 0.381 e. The van der Waals surface area contributed by atoms with Gasteiger partial charge in [-0.05, 0) is 48.4 Å². The molecular formula is C15H13FN2. The van der Waals surface area contributed by atoms with Gasteiger partial charge in [0.2, 0.25) is 0 Å². The number of aryl methyl sites for hydroxylation is 1. The fourth-order valence-corrected chi connectivity index (χ4v) is 1.77. The highest BCUT2D eigenvalue weighted by Gasteiger charge is 2.03. The maximum atomic E-state index is 13.1. The van der Waals surface area contributed by atoms with Crippen LogP contribution >= 0.6 is 0 Å². The number of nitrogens with one attached hydrogen (secondary N) is 1. The molecule has 2 aromatic rings. The first-order valence-electron chi connectivity index (χ1n) is 5.68. The van der Waals surface area contributed by atoms with E-state index in [1.54, 1.807) is 0 Å². The topological polar surface area (TPSA) is 35.8 Å². The van der Waals surface area contributed by atoms with E-state index < -0.39 is 0 Å². The van der Waals surface area contributed by atoms with Gasteiger partial charge < -0.3 is 5.32 Å². The second-order valence-corrected chi connectivity index (χ2v) is 4.14. The smallest absolute Gasteiger partial charge is 0.123 e. The summed E-state index contributed by atoms with van der Waals surface area (Å²) in [6.07, 6.45) is 0. The highest BCUT2D eigenvalue weighted by atomic mass is 19.1. The van der Waals surface area contributed by atoms with Crippen molar-refractivity contribution < 1.29 is 4.39 Å². The molecule has 90 valence electrons. The van der Waals surface area contributed by atoms with E-state index in [1.807, 2.05) is 31.2 Å². The van der Waals surface area contributed by atoms with E-state index in [4.69, 9.17) is 5.26 Å². The van der Waals surface area contributed by atoms with Crippen LogP contribution in [-0.4, -0.2) is 0 Å². The second-order valence-electron chi connectivity index (χ2n) is 4.14. The van der Waals surface area contributed by atoms with Crippen LogP contribution in [0, 0.1) is 24.1 Å². The highest BCUT2D eigenvalue weighted by molar-refractivity contribution is 5.47. The zero-order valence-corrected chi connectivity index (χ0v) is 10.1. The number of hydrogen-bond acceptors (Lipinski definition) is 2. The van der Waals surface area contributed by atoms with Gasteiger partial charge in [0.1, 0.15) is 5.82 Å². The summed E-state index contributed by atoms with van der Waals surface area (Å²) in [6.45, 7) is 2.44. The highest BCUT2D eigenvalue weighted by Crippen LogP contribution is 2.14. The number of halogens is 1. The average Bonchev–Trinajstić information content (AvgIpc) is 2.37. The summed E-state index contributed by atoms with van der Waals surface area (Å²) in [6, 6.07) is 14.2. The van der Waals surface area contributed by atoms with Gasteiger partial charge in [0.15, 0.2) is 0 Å². The Morgan fingerprint density at radius 2 is 2.06 bits per heavy atom. The molecule has 0 spiro atoms. The van der Waals surface area contributed by atoms with Crippen LogP contribution in [0.1, 0.15) is 16.7 Å². The summed E-state index contributed by atoms with van der Waals surface area (Å²) in [5, 5.41) is 12.1. The monoisotopic (exact) mass is 240 g/mol. The van der Waals surface area contributed by atoms with Gasteiger partial charge in [-0.15, -0.1) is 0 Å². The molecule has 2 rings (SSSR count). The van der Waals surface area contributed by atoms with E-state index in [1.165, 1.54) is 18.2 Å². The van der Waals surface area contributed by atoms with Crippen LogP contribution in [0.3, 0.4) is 0 Å². The first-order chi connectivity index (χ1) is 8.69. The number of rotatable bonds is 3. The standard InChI is InChI=1S/C15H13FN2/c1-11-3-2-4-15(7-11)18-10-13-8-14(16)6-5-12(13)9-17/h2-8,18H,10H2,1H3. The molecule has 0 atom stereocenters. The lowest BCUT2D eigenvalue weighted by Crippen LogP contribution is -2.02. The van der Waals surface area contributed by atoms with Gasteiger partial charge in [0.25, 0.3) is 0 Å². The van der Waals surface area contributed by atoms with Crippen LogP contribution in [-0.2, 0) is 6.54 Å². The Hall–Kier alpha value is -2.34. The van der Waals surface area contributed by atoms with Gasteiger partial charge in [-0.25, -0.2) is 4.39 Å². The third-order valence-electron chi connectivity index (χ3n) is 2.69. The predicted molar refractivity (Wildman–Crippen MR) is 69.6 cm³/mol. The molecule has 0 aliphatic heterocycles. The van der Waals surface area contributed by atoms with Crippen molar-refractivity contribution in [3.05, 3.63) is 65.0 Å². The Balaban J connectivity index is 2.15. The van der Waals surface area contributed by atoms with Crippen molar-refractivity contribution in [3.63, 3.8) is 0 Å². The second kappa shape index (κ2) is 5.33. The first kappa shape index (κ1) is 12.1. The minimum Gasteiger partial charge on any atom is -0.381 e. The van der Waals surface area contributed by atoms with Crippen LogP contribution in [0.5, 0.6) is 0 Å². The van der Waals surface area contributed by atoms with E-state index >= 15 is 0 Å². The lowest BCUT2D eigenvalue weighted by Gasteiger charge is -2.08. The molecule has 18 heavy (non-hydrogen) atoms. The fraction of sp³-hybridized carbons (Fsp3) is 0.133. The van der Waals surface area contributed by atoms with Crippen molar-refractivity contribution in [1.82, 2.24) is 0 Å². The Labute approximate surface area is 106 Å². The van der Waals surface area contributed by atoms with Crippen molar-refractivity contribution in [2.45, 2.75) is 13.5 Å². The van der Waals surface area contributed by atoms with Crippen molar-refractivity contribution in [2.75, 3.05) is 5.32 Å². The maximum Gasteiger partial charge on any atom is 0.123 e. The third-order valence-corrected chi connectivity index (χ3v) is 2.69. The van der Waals surface area contributed by atoms with Gasteiger partial charge in [-0.2, -0.15) is 5.26 Å². The quantitative estimate of drug-likeness (QED) is 0.889. The van der Waals surface area contributed by atoms with Crippen molar-refractivity contribution in [1.29, 1.82) is 5.26 Å². The number of hydrogen-bond donors (Lipinski definition) is 1. The molecule has 0 heterocycles. The fourth-order valence-electron chi connectivity index (χ4n) is 1.77. The minimum absolute atomic E-state index is 0.324. The van der Waals surface area contributed by atoms with Gasteiger partial charge in [0.05, 0.1) is 11.6 Å². The van der Waals surface area contributed by atoms with E-state index in [0.717, 1.165) is 11.3 Å². The molecule has 1 N–H and O–H groups in total. The molecule has 0 aliphatic rings. The van der Waals surface area contributed by atoms with Crippen LogP contribution in [0.15, 0.2) is 42.5 Å². The molecule has 0 aromatic heterocycles. The first-order valence-corrected chi connectivity index (χ1v) is 5.68. The lowest BCUT2D eigenvalue weighted by atomic mass is 10.1. The Morgan fingerprint density at radius 3 is 2.78 bits per heavy atom. The summed E-state index contributed by atoms with van der Waals surface area (Å²) < 4.78 is 13.1. The van der Waals surface area contributed by atoms with Crippen molar-refractivity contribution >= 4 is 5.69 Å². The molecule has 0 amide bonds. The molecule has 0 radical (unpaired) electrons. The summed E-state index contributed by atoms with van der Waals surface area (Å²) >= 11 is 0. The molecule has 0 aliphatic carbocycles. The summed E-state index contributed by atoms with van der Waals surface area (Å²) in [4.78, 5) is 0. The molecule has 0 unspecified atom stereocenters. The summed E-state index contributed by atoms with van der Waals surface area (Å²) in [5.74, 6) is -0.324. The van der Waals surface area contributed by atoms with Gasteiger partial charge in [0, 0.05) is 12.2 Å². The van der Waals surface area contributed by atoms with Crippen molar-refractivity contribution in [3.8, 4) is 6.07 Å².